The van der Waals surface area contributed by atoms with Gasteiger partial charge in [0.25, 0.3) is 0 Å². The Balaban J connectivity index is 2.08. The number of H-pyrrole nitrogens is 1. The summed E-state index contributed by atoms with van der Waals surface area (Å²) in [6.07, 6.45) is 3.60. The molecule has 0 bridgehead atoms. The lowest BCUT2D eigenvalue weighted by Gasteiger charge is -2.15. The Morgan fingerprint density at radius 3 is 3.14 bits per heavy atom. The smallest absolute Gasteiger partial charge is 0.166 e. The highest BCUT2D eigenvalue weighted by Gasteiger charge is 1.99. The maximum absolute atomic E-state index is 5.44. The van der Waals surface area contributed by atoms with Gasteiger partial charge in [0, 0.05) is 31.3 Å². The Morgan fingerprint density at radius 1 is 1.79 bits per heavy atom. The van der Waals surface area contributed by atoms with Gasteiger partial charge in [0.15, 0.2) is 5.11 Å². The Kier molecular flexibility index (Phi) is 4.75. The van der Waals surface area contributed by atoms with Crippen LogP contribution < -0.4 is 5.73 Å². The number of aromatic amines is 1. The number of imidazole rings is 1. The predicted molar refractivity (Wildman–Crippen MR) is 64.2 cm³/mol. The van der Waals surface area contributed by atoms with E-state index in [0.29, 0.717) is 5.11 Å². The summed E-state index contributed by atoms with van der Waals surface area (Å²) in [4.78, 5) is 8.92. The lowest BCUT2D eigenvalue weighted by molar-refractivity contribution is 0.544. The summed E-state index contributed by atoms with van der Waals surface area (Å²) >= 11 is 6.64. The van der Waals surface area contributed by atoms with Crippen molar-refractivity contribution in [1.82, 2.24) is 14.9 Å². The number of thioether (sulfide) groups is 1. The molecule has 4 nitrogen and oxygen atoms in total. The molecule has 0 unspecified atom stereocenters. The summed E-state index contributed by atoms with van der Waals surface area (Å²) in [6.45, 7) is 0.879. The molecule has 0 saturated heterocycles. The summed E-state index contributed by atoms with van der Waals surface area (Å²) in [5.74, 6) is 1.93. The van der Waals surface area contributed by atoms with Crippen molar-refractivity contribution in [3.8, 4) is 0 Å². The van der Waals surface area contributed by atoms with E-state index in [1.54, 1.807) is 6.33 Å². The van der Waals surface area contributed by atoms with Crippen LogP contribution in [0.1, 0.15) is 5.69 Å². The molecule has 0 aliphatic rings. The van der Waals surface area contributed by atoms with Crippen LogP contribution in [0.2, 0.25) is 0 Å². The molecular weight excluding hydrogens is 216 g/mol. The Bertz CT molecular complexity index is 273. The number of nitrogens with one attached hydrogen (secondary N) is 1. The van der Waals surface area contributed by atoms with E-state index in [1.165, 1.54) is 0 Å². The molecule has 1 heterocycles. The average Bonchev–Trinajstić information content (AvgIpc) is 2.64. The van der Waals surface area contributed by atoms with Gasteiger partial charge in [-0.25, -0.2) is 4.98 Å². The van der Waals surface area contributed by atoms with Gasteiger partial charge in [-0.3, -0.25) is 0 Å². The van der Waals surface area contributed by atoms with E-state index in [0.717, 1.165) is 23.7 Å². The minimum Gasteiger partial charge on any atom is -0.376 e. The average molecular weight is 230 g/mol. The highest BCUT2D eigenvalue weighted by atomic mass is 32.2. The first-order valence-electron chi connectivity index (χ1n) is 4.26. The first kappa shape index (κ1) is 11.3. The first-order chi connectivity index (χ1) is 6.70. The zero-order chi connectivity index (χ0) is 10.4. The molecule has 1 rings (SSSR count). The third-order valence-electron chi connectivity index (χ3n) is 1.75. The van der Waals surface area contributed by atoms with Crippen molar-refractivity contribution < 1.29 is 0 Å². The molecule has 78 valence electrons. The van der Waals surface area contributed by atoms with Gasteiger partial charge in [0.05, 0.1) is 12.0 Å². The summed E-state index contributed by atoms with van der Waals surface area (Å²) in [7, 11) is 1.90. The second kappa shape index (κ2) is 5.87. The van der Waals surface area contributed by atoms with Gasteiger partial charge >= 0.3 is 0 Å². The molecule has 1 aromatic rings. The van der Waals surface area contributed by atoms with Crippen molar-refractivity contribution >= 4 is 29.1 Å². The van der Waals surface area contributed by atoms with Gasteiger partial charge in [-0.1, -0.05) is 0 Å². The van der Waals surface area contributed by atoms with Crippen LogP contribution in [-0.2, 0) is 5.75 Å². The van der Waals surface area contributed by atoms with Gasteiger partial charge in [0.1, 0.15) is 0 Å². The number of hydrogen-bond acceptors (Lipinski definition) is 3. The SMILES string of the molecule is CN(CCSCc1c[nH]cn1)C(N)=S. The first-order valence-corrected chi connectivity index (χ1v) is 5.82. The summed E-state index contributed by atoms with van der Waals surface area (Å²) in [6, 6.07) is 0. The maximum Gasteiger partial charge on any atom is 0.166 e. The predicted octanol–water partition coefficient (Wildman–Crippen LogP) is 0.818. The van der Waals surface area contributed by atoms with E-state index >= 15 is 0 Å². The van der Waals surface area contributed by atoms with Gasteiger partial charge in [-0.2, -0.15) is 11.8 Å². The molecule has 0 aliphatic carbocycles. The van der Waals surface area contributed by atoms with Crippen LogP contribution in [0.5, 0.6) is 0 Å². The third-order valence-corrected chi connectivity index (χ3v) is 3.03. The maximum atomic E-state index is 5.44. The van der Waals surface area contributed by atoms with Crippen molar-refractivity contribution in [2.75, 3.05) is 19.3 Å². The van der Waals surface area contributed by atoms with Crippen LogP contribution >= 0.6 is 24.0 Å². The van der Waals surface area contributed by atoms with E-state index < -0.39 is 0 Å². The van der Waals surface area contributed by atoms with Gasteiger partial charge in [-0.15, -0.1) is 0 Å². The highest BCUT2D eigenvalue weighted by Crippen LogP contribution is 2.08. The fourth-order valence-electron chi connectivity index (χ4n) is 0.858. The summed E-state index contributed by atoms with van der Waals surface area (Å²) in [5.41, 5.74) is 6.52. The molecule has 0 aliphatic heterocycles. The zero-order valence-corrected chi connectivity index (χ0v) is 9.70. The second-order valence-corrected chi connectivity index (χ2v) is 4.40. The van der Waals surface area contributed by atoms with Crippen molar-refractivity contribution in [2.24, 2.45) is 5.73 Å². The molecule has 0 aromatic carbocycles. The van der Waals surface area contributed by atoms with Crippen molar-refractivity contribution in [3.05, 3.63) is 18.2 Å². The summed E-state index contributed by atoms with van der Waals surface area (Å²) in [5, 5.41) is 0.449. The molecule has 0 saturated carbocycles. The minimum atomic E-state index is 0.449. The molecular formula is C8H14N4S2. The van der Waals surface area contributed by atoms with Crippen molar-refractivity contribution in [2.45, 2.75) is 5.75 Å². The van der Waals surface area contributed by atoms with E-state index in [-0.39, 0.29) is 0 Å². The van der Waals surface area contributed by atoms with E-state index in [4.69, 9.17) is 18.0 Å². The molecule has 0 fully saturated rings. The molecule has 14 heavy (non-hydrogen) atoms. The molecule has 3 N–H and O–H groups in total. The van der Waals surface area contributed by atoms with Gasteiger partial charge in [-0.05, 0) is 12.2 Å². The fourth-order valence-corrected chi connectivity index (χ4v) is 1.86. The van der Waals surface area contributed by atoms with Crippen LogP contribution in [0.4, 0.5) is 0 Å². The normalized spacial score (nSPS) is 10.1. The quantitative estimate of drug-likeness (QED) is 0.579. The minimum absolute atomic E-state index is 0.449. The number of nitrogens with zero attached hydrogens (tertiary/aromatic N) is 2. The van der Waals surface area contributed by atoms with E-state index in [9.17, 15) is 0 Å². The summed E-state index contributed by atoms with van der Waals surface area (Å²) < 4.78 is 0. The number of hydrogen-bond donors (Lipinski definition) is 2. The van der Waals surface area contributed by atoms with Crippen LogP contribution in [0, 0.1) is 0 Å². The molecule has 6 heteroatoms. The Morgan fingerprint density at radius 2 is 2.57 bits per heavy atom. The number of rotatable bonds is 5. The largest absolute Gasteiger partial charge is 0.376 e. The van der Waals surface area contributed by atoms with Crippen LogP contribution in [0.25, 0.3) is 0 Å². The Hall–Kier alpha value is -0.750. The van der Waals surface area contributed by atoms with Crippen LogP contribution in [0.3, 0.4) is 0 Å². The number of nitrogens with two attached hydrogens (primary N) is 1. The molecule has 0 atom stereocenters. The highest BCUT2D eigenvalue weighted by molar-refractivity contribution is 7.98. The Labute approximate surface area is 93.3 Å². The molecule has 0 radical (unpaired) electrons. The van der Waals surface area contributed by atoms with E-state index in [2.05, 4.69) is 9.97 Å². The standard InChI is InChI=1S/C8H14N4S2/c1-12(8(9)13)2-3-14-5-7-4-10-6-11-7/h4,6H,2-3,5H2,1H3,(H2,9,13)(H,10,11). The monoisotopic (exact) mass is 230 g/mol. The number of aromatic nitrogens is 2. The van der Waals surface area contributed by atoms with Crippen LogP contribution in [-0.4, -0.2) is 39.3 Å². The second-order valence-electron chi connectivity index (χ2n) is 2.87. The zero-order valence-electron chi connectivity index (χ0n) is 8.06. The van der Waals surface area contributed by atoms with Gasteiger partial charge in [0.2, 0.25) is 0 Å². The van der Waals surface area contributed by atoms with E-state index in [1.807, 2.05) is 29.9 Å². The third kappa shape index (κ3) is 3.97. The molecule has 1 aromatic heterocycles. The fraction of sp³-hybridized carbons (Fsp3) is 0.500. The lowest BCUT2D eigenvalue weighted by Crippen LogP contribution is -2.33. The van der Waals surface area contributed by atoms with Crippen molar-refractivity contribution in [1.29, 1.82) is 0 Å². The number of thiocarbonyl (C=S) groups is 1. The van der Waals surface area contributed by atoms with Gasteiger partial charge < -0.3 is 15.6 Å². The molecule has 0 spiro atoms. The van der Waals surface area contributed by atoms with Crippen LogP contribution in [0.15, 0.2) is 12.5 Å². The molecule has 0 amide bonds. The topological polar surface area (TPSA) is 57.9 Å². The van der Waals surface area contributed by atoms with Crippen molar-refractivity contribution in [3.63, 3.8) is 0 Å². The lowest BCUT2D eigenvalue weighted by atomic mass is 10.6.